The number of alkyl halides is 1. The van der Waals surface area contributed by atoms with Crippen LogP contribution in [0.2, 0.25) is 0 Å². The van der Waals surface area contributed by atoms with E-state index in [0.29, 0.717) is 11.9 Å². The van der Waals surface area contributed by atoms with E-state index in [1.54, 1.807) is 0 Å². The van der Waals surface area contributed by atoms with Crippen molar-refractivity contribution in [2.45, 2.75) is 45.6 Å². The molecule has 0 saturated heterocycles. The summed E-state index contributed by atoms with van der Waals surface area (Å²) in [7, 11) is 0. The molecule has 1 aromatic carbocycles. The van der Waals surface area contributed by atoms with Crippen LogP contribution >= 0.6 is 11.6 Å². The topological polar surface area (TPSA) is 17.8 Å². The van der Waals surface area contributed by atoms with Crippen LogP contribution in [0.25, 0.3) is 11.0 Å². The van der Waals surface area contributed by atoms with E-state index in [0.717, 1.165) is 23.7 Å². The van der Waals surface area contributed by atoms with Gasteiger partial charge in [0.15, 0.2) is 0 Å². The molecule has 19 heavy (non-hydrogen) atoms. The Morgan fingerprint density at radius 3 is 2.89 bits per heavy atom. The van der Waals surface area contributed by atoms with Gasteiger partial charge in [0.05, 0.1) is 11.0 Å². The minimum absolute atomic E-state index is 0.525. The van der Waals surface area contributed by atoms with Gasteiger partial charge in [-0.1, -0.05) is 18.9 Å². The normalized spacial score (nSPS) is 17.0. The lowest BCUT2D eigenvalue weighted by molar-refractivity contribution is 0.473. The van der Waals surface area contributed by atoms with E-state index in [4.69, 9.17) is 16.6 Å². The Bertz CT molecular complexity index is 584. The highest BCUT2D eigenvalue weighted by Gasteiger charge is 2.26. The second kappa shape index (κ2) is 5.16. The Morgan fingerprint density at radius 1 is 1.42 bits per heavy atom. The molecule has 0 aliphatic heterocycles. The van der Waals surface area contributed by atoms with E-state index in [-0.39, 0.29) is 0 Å². The van der Waals surface area contributed by atoms with Crippen LogP contribution in [0, 0.1) is 12.8 Å². The summed E-state index contributed by atoms with van der Waals surface area (Å²) in [6.45, 7) is 4.46. The Kier molecular flexibility index (Phi) is 3.53. The number of aryl methyl sites for hydroxylation is 2. The average Bonchev–Trinajstić information content (AvgIpc) is 3.10. The molecule has 0 bridgehead atoms. The molecule has 1 aliphatic rings. The van der Waals surface area contributed by atoms with Gasteiger partial charge in [-0.05, 0) is 43.9 Å². The van der Waals surface area contributed by atoms with Gasteiger partial charge in [0, 0.05) is 18.3 Å². The van der Waals surface area contributed by atoms with Gasteiger partial charge in [-0.3, -0.25) is 0 Å². The predicted molar refractivity (Wildman–Crippen MR) is 80.9 cm³/mol. The summed E-state index contributed by atoms with van der Waals surface area (Å²) in [5, 5.41) is 0. The third-order valence-electron chi connectivity index (χ3n) is 4.05. The lowest BCUT2D eigenvalue weighted by Gasteiger charge is -2.17. The van der Waals surface area contributed by atoms with Crippen LogP contribution in [0.15, 0.2) is 18.2 Å². The summed E-state index contributed by atoms with van der Waals surface area (Å²) in [6.07, 6.45) is 4.93. The van der Waals surface area contributed by atoms with Crippen molar-refractivity contribution in [3.63, 3.8) is 0 Å². The molecule has 0 spiro atoms. The first-order valence-corrected chi connectivity index (χ1v) is 7.76. The number of hydrogen-bond acceptors (Lipinski definition) is 1. The molecule has 0 radical (unpaired) electrons. The maximum atomic E-state index is 5.94. The van der Waals surface area contributed by atoms with E-state index in [1.165, 1.54) is 30.3 Å². The summed E-state index contributed by atoms with van der Waals surface area (Å²) in [4.78, 5) is 4.77. The van der Waals surface area contributed by atoms with Crippen molar-refractivity contribution in [3.8, 4) is 0 Å². The van der Waals surface area contributed by atoms with Crippen LogP contribution in [0.4, 0.5) is 0 Å². The van der Waals surface area contributed by atoms with Crippen molar-refractivity contribution >= 4 is 22.6 Å². The number of imidazole rings is 1. The number of nitrogens with zero attached hydrogens (tertiary/aromatic N) is 2. The van der Waals surface area contributed by atoms with Gasteiger partial charge < -0.3 is 4.57 Å². The maximum Gasteiger partial charge on any atom is 0.111 e. The molecule has 0 amide bonds. The number of halogens is 1. The van der Waals surface area contributed by atoms with Crippen LogP contribution in [-0.2, 0) is 6.42 Å². The highest BCUT2D eigenvalue weighted by Crippen LogP contribution is 2.38. The minimum Gasteiger partial charge on any atom is -0.325 e. The van der Waals surface area contributed by atoms with E-state index >= 15 is 0 Å². The van der Waals surface area contributed by atoms with Crippen molar-refractivity contribution in [1.82, 2.24) is 9.55 Å². The van der Waals surface area contributed by atoms with Crippen LogP contribution in [-0.4, -0.2) is 15.4 Å². The second-order valence-corrected chi connectivity index (χ2v) is 6.24. The number of benzene rings is 1. The molecule has 2 aromatic rings. The minimum atomic E-state index is 0.525. The number of aromatic nitrogens is 2. The first kappa shape index (κ1) is 13.0. The van der Waals surface area contributed by atoms with Crippen LogP contribution in [0.5, 0.6) is 0 Å². The first-order valence-electron chi connectivity index (χ1n) is 7.22. The van der Waals surface area contributed by atoms with Crippen molar-refractivity contribution in [2.75, 3.05) is 5.88 Å². The molecule has 2 nitrogen and oxygen atoms in total. The maximum absolute atomic E-state index is 5.94. The van der Waals surface area contributed by atoms with E-state index < -0.39 is 0 Å². The van der Waals surface area contributed by atoms with Crippen molar-refractivity contribution in [3.05, 3.63) is 29.6 Å². The summed E-state index contributed by atoms with van der Waals surface area (Å²) < 4.78 is 2.42. The fraction of sp³-hybridized carbons (Fsp3) is 0.562. The SMILES string of the molecule is Cc1ccc2nc(CCCl)n(C(C)CC3CC3)c2c1. The molecule has 1 saturated carbocycles. The van der Waals surface area contributed by atoms with Crippen LogP contribution in [0.1, 0.15) is 43.6 Å². The summed E-state index contributed by atoms with van der Waals surface area (Å²) in [5.41, 5.74) is 3.67. The average molecular weight is 277 g/mol. The monoisotopic (exact) mass is 276 g/mol. The Morgan fingerprint density at radius 2 is 2.21 bits per heavy atom. The lowest BCUT2D eigenvalue weighted by Crippen LogP contribution is -2.10. The Hall–Kier alpha value is -1.02. The smallest absolute Gasteiger partial charge is 0.111 e. The zero-order chi connectivity index (χ0) is 13.4. The third kappa shape index (κ3) is 2.64. The summed E-state index contributed by atoms with van der Waals surface area (Å²) in [5.74, 6) is 2.71. The van der Waals surface area contributed by atoms with Gasteiger partial charge in [0.1, 0.15) is 5.82 Å². The fourth-order valence-corrected chi connectivity index (χ4v) is 3.12. The van der Waals surface area contributed by atoms with Gasteiger partial charge in [-0.15, -0.1) is 11.6 Å². The highest BCUT2D eigenvalue weighted by molar-refractivity contribution is 6.17. The zero-order valence-electron chi connectivity index (χ0n) is 11.7. The zero-order valence-corrected chi connectivity index (χ0v) is 12.5. The van der Waals surface area contributed by atoms with Crippen molar-refractivity contribution in [1.29, 1.82) is 0 Å². The molecular weight excluding hydrogens is 256 g/mol. The molecule has 1 aromatic heterocycles. The lowest BCUT2D eigenvalue weighted by atomic mass is 10.1. The largest absolute Gasteiger partial charge is 0.325 e. The predicted octanol–water partition coefficient (Wildman–Crippen LogP) is 4.49. The molecular formula is C16H21ClN2. The van der Waals surface area contributed by atoms with E-state index in [2.05, 4.69) is 36.6 Å². The highest BCUT2D eigenvalue weighted by atomic mass is 35.5. The standard InChI is InChI=1S/C16H21ClN2/c1-11-3-6-14-15(9-11)19(16(18-14)7-8-17)12(2)10-13-4-5-13/h3,6,9,12-13H,4-5,7-8,10H2,1-2H3. The molecule has 1 fully saturated rings. The van der Waals surface area contributed by atoms with Gasteiger partial charge in [-0.2, -0.15) is 0 Å². The van der Waals surface area contributed by atoms with E-state index in [9.17, 15) is 0 Å². The van der Waals surface area contributed by atoms with Gasteiger partial charge in [0.2, 0.25) is 0 Å². The third-order valence-corrected chi connectivity index (χ3v) is 4.24. The Labute approximate surface area is 119 Å². The van der Waals surface area contributed by atoms with Gasteiger partial charge >= 0.3 is 0 Å². The molecule has 0 N–H and O–H groups in total. The number of rotatable bonds is 5. The van der Waals surface area contributed by atoms with E-state index in [1.807, 2.05) is 0 Å². The van der Waals surface area contributed by atoms with Crippen LogP contribution < -0.4 is 0 Å². The first-order chi connectivity index (χ1) is 9.19. The van der Waals surface area contributed by atoms with Gasteiger partial charge in [0.25, 0.3) is 0 Å². The molecule has 3 rings (SSSR count). The van der Waals surface area contributed by atoms with Gasteiger partial charge in [-0.25, -0.2) is 4.98 Å². The number of hydrogen-bond donors (Lipinski definition) is 0. The molecule has 1 atom stereocenters. The second-order valence-electron chi connectivity index (χ2n) is 5.86. The molecule has 102 valence electrons. The quantitative estimate of drug-likeness (QED) is 0.736. The number of fused-ring (bicyclic) bond motifs is 1. The van der Waals surface area contributed by atoms with Crippen molar-refractivity contribution < 1.29 is 0 Å². The molecule has 3 heteroatoms. The Balaban J connectivity index is 2.05. The fourth-order valence-electron chi connectivity index (χ4n) is 2.95. The van der Waals surface area contributed by atoms with Crippen LogP contribution in [0.3, 0.4) is 0 Å². The summed E-state index contributed by atoms with van der Waals surface area (Å²) in [6, 6.07) is 7.04. The van der Waals surface area contributed by atoms with Crippen molar-refractivity contribution in [2.24, 2.45) is 5.92 Å². The molecule has 1 aliphatic carbocycles. The molecule has 1 unspecified atom stereocenters. The molecule has 1 heterocycles. The summed E-state index contributed by atoms with van der Waals surface area (Å²) >= 11 is 5.94.